The van der Waals surface area contributed by atoms with Crippen LogP contribution in [0.25, 0.3) is 0 Å². The van der Waals surface area contributed by atoms with E-state index in [1.165, 1.54) is 17.3 Å². The van der Waals surface area contributed by atoms with Gasteiger partial charge in [-0.3, -0.25) is 4.79 Å². The minimum Gasteiger partial charge on any atom is -0.480 e. The van der Waals surface area contributed by atoms with Crippen molar-refractivity contribution in [3.63, 3.8) is 0 Å². The van der Waals surface area contributed by atoms with Gasteiger partial charge in [-0.25, -0.2) is 0 Å². The lowest BCUT2D eigenvalue weighted by Gasteiger charge is -2.49. The largest absolute Gasteiger partial charge is 0.480 e. The molecule has 0 atom stereocenters. The van der Waals surface area contributed by atoms with E-state index in [9.17, 15) is 9.90 Å². The zero-order valence-corrected chi connectivity index (χ0v) is 12.9. The topological polar surface area (TPSA) is 37.3 Å². The fraction of sp³-hybridized carbons (Fsp3) is 0.562. The molecule has 1 aromatic rings. The molecule has 0 aromatic heterocycles. The molecular formula is C16H22O2S. The van der Waals surface area contributed by atoms with E-state index in [4.69, 9.17) is 0 Å². The molecule has 0 unspecified atom stereocenters. The van der Waals surface area contributed by atoms with Crippen molar-refractivity contribution in [1.82, 2.24) is 0 Å². The van der Waals surface area contributed by atoms with Crippen LogP contribution in [0, 0.1) is 18.3 Å². The maximum absolute atomic E-state index is 11.6. The number of carbonyl (C=O) groups is 1. The molecule has 1 fully saturated rings. The Hall–Kier alpha value is -0.960. The molecule has 1 aromatic carbocycles. The van der Waals surface area contributed by atoms with Crippen molar-refractivity contribution < 1.29 is 9.90 Å². The Labute approximate surface area is 119 Å². The number of hydrogen-bond donors (Lipinski definition) is 1. The summed E-state index contributed by atoms with van der Waals surface area (Å²) in [6, 6.07) is 8.11. The normalized spacial score (nSPS) is 26.8. The van der Waals surface area contributed by atoms with Gasteiger partial charge in [-0.2, -0.15) is 0 Å². The first-order valence-electron chi connectivity index (χ1n) is 6.72. The van der Waals surface area contributed by atoms with E-state index < -0.39 is 10.7 Å². The number of carboxylic acid groups (broad SMARTS) is 1. The number of aryl methyl sites for hydroxylation is 1. The Morgan fingerprint density at radius 2 is 2.00 bits per heavy atom. The summed E-state index contributed by atoms with van der Waals surface area (Å²) < 4.78 is -0.619. The van der Waals surface area contributed by atoms with Crippen LogP contribution in [0.5, 0.6) is 0 Å². The van der Waals surface area contributed by atoms with Crippen LogP contribution in [-0.4, -0.2) is 15.8 Å². The first-order chi connectivity index (χ1) is 8.73. The molecule has 1 aliphatic carbocycles. The summed E-state index contributed by atoms with van der Waals surface area (Å²) in [4.78, 5) is 12.7. The molecule has 0 bridgehead atoms. The molecule has 3 heteroatoms. The van der Waals surface area contributed by atoms with Crippen LogP contribution in [0.4, 0.5) is 0 Å². The summed E-state index contributed by atoms with van der Waals surface area (Å²) in [5.41, 5.74) is 1.38. The lowest BCUT2D eigenvalue weighted by Crippen LogP contribution is -2.51. The molecule has 0 amide bonds. The Balaban J connectivity index is 2.14. The molecule has 2 nitrogen and oxygen atoms in total. The first-order valence-corrected chi connectivity index (χ1v) is 7.54. The minimum absolute atomic E-state index is 0.201. The maximum atomic E-state index is 11.6. The highest BCUT2D eigenvalue weighted by Gasteiger charge is 2.54. The van der Waals surface area contributed by atoms with Gasteiger partial charge in [0.2, 0.25) is 0 Å². The Kier molecular flexibility index (Phi) is 3.69. The van der Waals surface area contributed by atoms with E-state index in [2.05, 4.69) is 26.8 Å². The average molecular weight is 278 g/mol. The first kappa shape index (κ1) is 14.4. The van der Waals surface area contributed by atoms with Crippen molar-refractivity contribution in [1.29, 1.82) is 0 Å². The maximum Gasteiger partial charge on any atom is 0.320 e. The Morgan fingerprint density at radius 1 is 1.37 bits per heavy atom. The van der Waals surface area contributed by atoms with Crippen molar-refractivity contribution in [3.8, 4) is 0 Å². The van der Waals surface area contributed by atoms with Crippen molar-refractivity contribution in [3.05, 3.63) is 29.8 Å². The zero-order valence-electron chi connectivity index (χ0n) is 12.1. The average Bonchev–Trinajstić information content (AvgIpc) is 2.20. The van der Waals surface area contributed by atoms with Crippen LogP contribution < -0.4 is 0 Å². The van der Waals surface area contributed by atoms with Crippen molar-refractivity contribution in [2.24, 2.45) is 11.3 Å². The van der Waals surface area contributed by atoms with E-state index in [-0.39, 0.29) is 5.41 Å². The van der Waals surface area contributed by atoms with E-state index in [0.29, 0.717) is 5.92 Å². The number of aliphatic carboxylic acids is 1. The lowest BCUT2D eigenvalue weighted by molar-refractivity contribution is -0.145. The Bertz CT molecular complexity index is 482. The predicted octanol–water partition coefficient (Wildman–Crippen LogP) is 4.37. The Morgan fingerprint density at radius 3 is 2.47 bits per heavy atom. The second-order valence-corrected chi connectivity index (χ2v) is 8.15. The summed E-state index contributed by atoms with van der Waals surface area (Å²) in [5.74, 6) is -0.166. The minimum atomic E-state index is -0.667. The third kappa shape index (κ3) is 2.97. The highest BCUT2D eigenvalue weighted by molar-refractivity contribution is 8.01. The van der Waals surface area contributed by atoms with Gasteiger partial charge in [0.05, 0.1) is 0 Å². The van der Waals surface area contributed by atoms with Gasteiger partial charge >= 0.3 is 5.97 Å². The summed E-state index contributed by atoms with van der Waals surface area (Å²) >= 11 is 1.52. The highest BCUT2D eigenvalue weighted by Crippen LogP contribution is 2.56. The lowest BCUT2D eigenvalue weighted by atomic mass is 9.62. The molecule has 104 valence electrons. The third-order valence-corrected chi connectivity index (χ3v) is 5.46. The van der Waals surface area contributed by atoms with E-state index >= 15 is 0 Å². The van der Waals surface area contributed by atoms with Crippen molar-refractivity contribution >= 4 is 17.7 Å². The molecule has 1 aliphatic rings. The monoisotopic (exact) mass is 278 g/mol. The number of benzene rings is 1. The van der Waals surface area contributed by atoms with Gasteiger partial charge in [0, 0.05) is 4.90 Å². The summed E-state index contributed by atoms with van der Waals surface area (Å²) in [5, 5.41) is 9.58. The van der Waals surface area contributed by atoms with Crippen LogP contribution in [-0.2, 0) is 4.79 Å². The van der Waals surface area contributed by atoms with Crippen molar-refractivity contribution in [2.45, 2.75) is 50.2 Å². The molecule has 0 aliphatic heterocycles. The highest BCUT2D eigenvalue weighted by atomic mass is 32.2. The second-order valence-electron chi connectivity index (χ2n) is 6.69. The van der Waals surface area contributed by atoms with Crippen LogP contribution >= 0.6 is 11.8 Å². The quantitative estimate of drug-likeness (QED) is 0.892. The smallest absolute Gasteiger partial charge is 0.320 e. The van der Waals surface area contributed by atoms with E-state index in [0.717, 1.165) is 17.7 Å². The molecule has 19 heavy (non-hydrogen) atoms. The molecule has 0 spiro atoms. The van der Waals surface area contributed by atoms with Crippen molar-refractivity contribution in [2.75, 3.05) is 0 Å². The molecular weight excluding hydrogens is 256 g/mol. The summed E-state index contributed by atoms with van der Waals surface area (Å²) in [7, 11) is 0. The van der Waals surface area contributed by atoms with E-state index in [1.807, 2.05) is 25.1 Å². The molecule has 1 N–H and O–H groups in total. The third-order valence-electron chi connectivity index (χ3n) is 4.07. The second kappa shape index (κ2) is 4.86. The fourth-order valence-corrected chi connectivity index (χ4v) is 4.05. The molecule has 0 heterocycles. The van der Waals surface area contributed by atoms with Gasteiger partial charge < -0.3 is 5.11 Å². The van der Waals surface area contributed by atoms with Crippen LogP contribution in [0.15, 0.2) is 29.2 Å². The van der Waals surface area contributed by atoms with Gasteiger partial charge in [-0.15, -0.1) is 11.8 Å². The predicted molar refractivity (Wildman–Crippen MR) is 79.6 cm³/mol. The number of rotatable bonds is 3. The summed E-state index contributed by atoms with van der Waals surface area (Å²) in [6.45, 7) is 8.62. The van der Waals surface area contributed by atoms with Gasteiger partial charge in [0.25, 0.3) is 0 Å². The van der Waals surface area contributed by atoms with Crippen LogP contribution in [0.1, 0.15) is 39.2 Å². The molecule has 0 saturated heterocycles. The van der Waals surface area contributed by atoms with Gasteiger partial charge in [0.1, 0.15) is 4.75 Å². The number of carboxylic acids is 1. The van der Waals surface area contributed by atoms with E-state index in [1.54, 1.807) is 0 Å². The van der Waals surface area contributed by atoms with Gasteiger partial charge in [0.15, 0.2) is 0 Å². The van der Waals surface area contributed by atoms with Gasteiger partial charge in [-0.1, -0.05) is 38.5 Å². The molecule has 2 rings (SSSR count). The SMILES string of the molecule is Cc1cccc(SC2(C(=O)O)CC(C(C)(C)C)C2)c1. The number of thioether (sulfide) groups is 1. The zero-order chi connectivity index (χ0) is 14.3. The molecule has 1 saturated carbocycles. The standard InChI is InChI=1S/C16H22O2S/c1-11-6-5-7-13(8-11)19-16(14(17)18)9-12(10-16)15(2,3)4/h5-8,12H,9-10H2,1-4H3,(H,17,18). The van der Waals surface area contributed by atoms with Gasteiger partial charge in [-0.05, 0) is 43.2 Å². The van der Waals surface area contributed by atoms with Crippen LogP contribution in [0.3, 0.4) is 0 Å². The molecule has 0 radical (unpaired) electrons. The fourth-order valence-electron chi connectivity index (χ4n) is 2.55. The van der Waals surface area contributed by atoms with Crippen LogP contribution in [0.2, 0.25) is 0 Å². The number of hydrogen-bond acceptors (Lipinski definition) is 2. The summed E-state index contributed by atoms with van der Waals surface area (Å²) in [6.07, 6.45) is 1.54.